The summed E-state index contributed by atoms with van der Waals surface area (Å²) in [5.41, 5.74) is 1.10. The summed E-state index contributed by atoms with van der Waals surface area (Å²) in [6, 6.07) is 2.31. The van der Waals surface area contributed by atoms with Crippen LogP contribution in [0, 0.1) is 5.92 Å². The van der Waals surface area contributed by atoms with Crippen molar-refractivity contribution in [2.24, 2.45) is 5.92 Å². The molecule has 88 valence electrons. The number of thiophene rings is 1. The highest BCUT2D eigenvalue weighted by Crippen LogP contribution is 2.56. The van der Waals surface area contributed by atoms with E-state index in [0.29, 0.717) is 5.92 Å². The lowest BCUT2D eigenvalue weighted by Gasteiger charge is -2.06. The highest BCUT2D eigenvalue weighted by atomic mass is 32.1. The van der Waals surface area contributed by atoms with Gasteiger partial charge < -0.3 is 5.11 Å². The molecular formula is C14H20OS. The standard InChI is InChI=1S/C14H20OS/c1-2-11-9-14(11,15)13-8-10-6-4-3-5-7-12(10)16-13/h8,11,15H,2-7,9H2,1H3. The molecule has 2 aliphatic carbocycles. The van der Waals surface area contributed by atoms with Gasteiger partial charge in [0.25, 0.3) is 0 Å². The molecule has 1 heterocycles. The molecule has 16 heavy (non-hydrogen) atoms. The Balaban J connectivity index is 1.88. The van der Waals surface area contributed by atoms with Crippen LogP contribution in [0.25, 0.3) is 0 Å². The molecule has 1 nitrogen and oxygen atoms in total. The van der Waals surface area contributed by atoms with Crippen LogP contribution in [0.15, 0.2) is 6.07 Å². The molecule has 1 aromatic rings. The molecule has 1 aromatic heterocycles. The molecule has 0 bridgehead atoms. The molecule has 2 aliphatic rings. The second-order valence-corrected chi connectivity index (χ2v) is 6.49. The summed E-state index contributed by atoms with van der Waals surface area (Å²) >= 11 is 1.89. The second kappa shape index (κ2) is 3.85. The van der Waals surface area contributed by atoms with Gasteiger partial charge in [-0.15, -0.1) is 11.3 Å². The lowest BCUT2D eigenvalue weighted by molar-refractivity contribution is 0.134. The SMILES string of the molecule is CCC1CC1(O)c1cc2c(s1)CCCCC2. The minimum Gasteiger partial charge on any atom is -0.384 e. The van der Waals surface area contributed by atoms with Crippen molar-refractivity contribution < 1.29 is 5.11 Å². The van der Waals surface area contributed by atoms with Gasteiger partial charge in [-0.25, -0.2) is 0 Å². The third-order valence-corrected chi connectivity index (χ3v) is 5.64. The Morgan fingerprint density at radius 3 is 2.94 bits per heavy atom. The molecule has 3 rings (SSSR count). The first-order valence-corrected chi connectivity index (χ1v) is 7.40. The first-order valence-electron chi connectivity index (χ1n) is 6.58. The smallest absolute Gasteiger partial charge is 0.102 e. The maximum absolute atomic E-state index is 10.5. The van der Waals surface area contributed by atoms with Crippen molar-refractivity contribution >= 4 is 11.3 Å². The maximum Gasteiger partial charge on any atom is 0.102 e. The minimum atomic E-state index is -0.439. The lowest BCUT2D eigenvalue weighted by atomic mass is 10.1. The van der Waals surface area contributed by atoms with Crippen LogP contribution in [0.3, 0.4) is 0 Å². The summed E-state index contributed by atoms with van der Waals surface area (Å²) in [5.74, 6) is 0.523. The Morgan fingerprint density at radius 2 is 2.19 bits per heavy atom. The topological polar surface area (TPSA) is 20.2 Å². The second-order valence-electron chi connectivity index (χ2n) is 5.35. The number of hydrogen-bond acceptors (Lipinski definition) is 2. The quantitative estimate of drug-likeness (QED) is 0.777. The van der Waals surface area contributed by atoms with E-state index in [1.54, 1.807) is 4.88 Å². The third kappa shape index (κ3) is 1.63. The van der Waals surface area contributed by atoms with Gasteiger partial charge in [-0.2, -0.15) is 0 Å². The van der Waals surface area contributed by atoms with E-state index in [-0.39, 0.29) is 0 Å². The highest BCUT2D eigenvalue weighted by molar-refractivity contribution is 7.12. The summed E-state index contributed by atoms with van der Waals surface area (Å²) in [4.78, 5) is 2.81. The molecular weight excluding hydrogens is 216 g/mol. The van der Waals surface area contributed by atoms with Gasteiger partial charge in [0.05, 0.1) is 0 Å². The van der Waals surface area contributed by atoms with Crippen LogP contribution >= 0.6 is 11.3 Å². The van der Waals surface area contributed by atoms with E-state index in [4.69, 9.17) is 0 Å². The zero-order valence-electron chi connectivity index (χ0n) is 9.96. The summed E-state index contributed by atoms with van der Waals surface area (Å²) in [7, 11) is 0. The van der Waals surface area contributed by atoms with E-state index in [2.05, 4.69) is 13.0 Å². The summed E-state index contributed by atoms with van der Waals surface area (Å²) in [5, 5.41) is 10.5. The molecule has 0 amide bonds. The predicted molar refractivity (Wildman–Crippen MR) is 67.9 cm³/mol. The number of fused-ring (bicyclic) bond motifs is 1. The number of aliphatic hydroxyl groups is 1. The molecule has 2 unspecified atom stereocenters. The predicted octanol–water partition coefficient (Wildman–Crippen LogP) is 3.63. The third-order valence-electron chi connectivity index (χ3n) is 4.24. The number of hydrogen-bond donors (Lipinski definition) is 1. The molecule has 2 heteroatoms. The molecule has 1 saturated carbocycles. The normalized spacial score (nSPS) is 33.2. The van der Waals surface area contributed by atoms with E-state index in [9.17, 15) is 5.11 Å². The van der Waals surface area contributed by atoms with E-state index in [1.807, 2.05) is 11.3 Å². The fourth-order valence-electron chi connectivity index (χ4n) is 2.98. The average molecular weight is 236 g/mol. The van der Waals surface area contributed by atoms with E-state index >= 15 is 0 Å². The van der Waals surface area contributed by atoms with E-state index in [0.717, 1.165) is 12.8 Å². The maximum atomic E-state index is 10.5. The average Bonchev–Trinajstić information content (AvgIpc) is 2.88. The van der Waals surface area contributed by atoms with Crippen LogP contribution < -0.4 is 0 Å². The van der Waals surface area contributed by atoms with Crippen molar-refractivity contribution in [1.82, 2.24) is 0 Å². The van der Waals surface area contributed by atoms with E-state index in [1.165, 1.54) is 42.5 Å². The van der Waals surface area contributed by atoms with Gasteiger partial charge in [0, 0.05) is 9.75 Å². The van der Waals surface area contributed by atoms with Gasteiger partial charge in [0.2, 0.25) is 0 Å². The van der Waals surface area contributed by atoms with Gasteiger partial charge >= 0.3 is 0 Å². The van der Waals surface area contributed by atoms with Crippen molar-refractivity contribution in [2.75, 3.05) is 0 Å². The Labute approximate surface area is 102 Å². The monoisotopic (exact) mass is 236 g/mol. The molecule has 1 fully saturated rings. The van der Waals surface area contributed by atoms with Gasteiger partial charge in [0.15, 0.2) is 0 Å². The van der Waals surface area contributed by atoms with Crippen molar-refractivity contribution in [3.63, 3.8) is 0 Å². The summed E-state index contributed by atoms with van der Waals surface area (Å²) in [6.07, 6.45) is 8.62. The van der Waals surface area contributed by atoms with Gasteiger partial charge in [-0.05, 0) is 49.7 Å². The van der Waals surface area contributed by atoms with Gasteiger partial charge in [-0.1, -0.05) is 19.8 Å². The molecule has 0 aliphatic heterocycles. The zero-order chi connectivity index (χ0) is 11.2. The largest absolute Gasteiger partial charge is 0.384 e. The lowest BCUT2D eigenvalue weighted by Crippen LogP contribution is -2.05. The molecule has 0 saturated heterocycles. The summed E-state index contributed by atoms with van der Waals surface area (Å²) < 4.78 is 0. The molecule has 1 N–H and O–H groups in total. The van der Waals surface area contributed by atoms with Crippen LogP contribution in [0.2, 0.25) is 0 Å². The molecule has 0 aromatic carbocycles. The fraction of sp³-hybridized carbons (Fsp3) is 0.714. The first kappa shape index (κ1) is 10.8. The minimum absolute atomic E-state index is 0.439. The Kier molecular flexibility index (Phi) is 2.60. The Hall–Kier alpha value is -0.340. The van der Waals surface area contributed by atoms with Crippen molar-refractivity contribution in [1.29, 1.82) is 0 Å². The fourth-order valence-corrected chi connectivity index (χ4v) is 4.41. The zero-order valence-corrected chi connectivity index (χ0v) is 10.8. The van der Waals surface area contributed by atoms with Gasteiger partial charge in [0.1, 0.15) is 5.60 Å². The molecule has 2 atom stereocenters. The summed E-state index contributed by atoms with van der Waals surface area (Å²) in [6.45, 7) is 2.18. The Bertz CT molecular complexity index is 372. The van der Waals surface area contributed by atoms with Crippen LogP contribution in [-0.4, -0.2) is 5.11 Å². The van der Waals surface area contributed by atoms with Gasteiger partial charge in [-0.3, -0.25) is 0 Å². The molecule has 0 radical (unpaired) electrons. The van der Waals surface area contributed by atoms with Crippen LogP contribution in [0.1, 0.15) is 54.3 Å². The highest BCUT2D eigenvalue weighted by Gasteiger charge is 2.53. The van der Waals surface area contributed by atoms with Crippen LogP contribution in [0.5, 0.6) is 0 Å². The van der Waals surface area contributed by atoms with Crippen molar-refractivity contribution in [3.8, 4) is 0 Å². The van der Waals surface area contributed by atoms with Crippen LogP contribution in [0.4, 0.5) is 0 Å². The number of aryl methyl sites for hydroxylation is 2. The van der Waals surface area contributed by atoms with E-state index < -0.39 is 5.60 Å². The van der Waals surface area contributed by atoms with Crippen molar-refractivity contribution in [3.05, 3.63) is 21.4 Å². The van der Waals surface area contributed by atoms with Crippen LogP contribution in [-0.2, 0) is 18.4 Å². The number of rotatable bonds is 2. The van der Waals surface area contributed by atoms with Crippen molar-refractivity contribution in [2.45, 2.75) is 57.5 Å². The Morgan fingerprint density at radius 1 is 1.38 bits per heavy atom. The first-order chi connectivity index (χ1) is 7.74. The molecule has 0 spiro atoms.